The van der Waals surface area contributed by atoms with Gasteiger partial charge in [-0.05, 0) is 20.8 Å². The molecular formula is C13H21N5O. The van der Waals surface area contributed by atoms with Gasteiger partial charge in [0.05, 0.1) is 0 Å². The summed E-state index contributed by atoms with van der Waals surface area (Å²) in [6.07, 6.45) is 0. The molecule has 2 aromatic heterocycles. The molecule has 0 unspecified atom stereocenters. The van der Waals surface area contributed by atoms with E-state index in [1.165, 1.54) is 0 Å². The molecule has 0 aliphatic rings. The van der Waals surface area contributed by atoms with Gasteiger partial charge in [-0.25, -0.2) is 4.98 Å². The van der Waals surface area contributed by atoms with E-state index < -0.39 is 0 Å². The van der Waals surface area contributed by atoms with E-state index >= 15 is 0 Å². The summed E-state index contributed by atoms with van der Waals surface area (Å²) in [5.41, 5.74) is 5.82. The second kappa shape index (κ2) is 3.82. The number of aromatic nitrogens is 4. The average molecular weight is 263 g/mol. The van der Waals surface area contributed by atoms with Crippen molar-refractivity contribution in [1.82, 2.24) is 19.5 Å². The number of hydrogen-bond donors (Lipinski definition) is 2. The maximum Gasteiger partial charge on any atom is 0.280 e. The normalized spacial score (nSPS) is 13.2. The highest BCUT2D eigenvalue weighted by atomic mass is 16.1. The van der Waals surface area contributed by atoms with Crippen LogP contribution in [0, 0.1) is 0 Å². The first-order valence-electron chi connectivity index (χ1n) is 6.31. The first-order valence-corrected chi connectivity index (χ1v) is 6.31. The van der Waals surface area contributed by atoms with Gasteiger partial charge in [-0.3, -0.25) is 9.78 Å². The largest absolute Gasteiger partial charge is 0.369 e. The minimum absolute atomic E-state index is 0.114. The van der Waals surface area contributed by atoms with Crippen molar-refractivity contribution in [2.24, 2.45) is 0 Å². The van der Waals surface area contributed by atoms with E-state index in [-0.39, 0.29) is 22.5 Å². The molecule has 0 aromatic carbocycles. The molecule has 0 aliphatic carbocycles. The van der Waals surface area contributed by atoms with Crippen LogP contribution in [-0.4, -0.2) is 19.5 Å². The molecule has 0 saturated carbocycles. The Morgan fingerprint density at radius 2 is 1.68 bits per heavy atom. The quantitative estimate of drug-likeness (QED) is 0.757. The van der Waals surface area contributed by atoms with Gasteiger partial charge in [-0.15, -0.1) is 0 Å². The van der Waals surface area contributed by atoms with Crippen LogP contribution in [-0.2, 0) is 11.0 Å². The van der Waals surface area contributed by atoms with Gasteiger partial charge in [-0.1, -0.05) is 20.8 Å². The van der Waals surface area contributed by atoms with Crippen molar-refractivity contribution in [1.29, 1.82) is 0 Å². The third-order valence-electron chi connectivity index (χ3n) is 2.88. The number of aromatic amines is 1. The van der Waals surface area contributed by atoms with Gasteiger partial charge in [0.2, 0.25) is 5.95 Å². The number of nitrogen functional groups attached to an aromatic ring is 1. The Labute approximate surface area is 112 Å². The first kappa shape index (κ1) is 13.6. The van der Waals surface area contributed by atoms with Gasteiger partial charge >= 0.3 is 0 Å². The van der Waals surface area contributed by atoms with E-state index in [2.05, 4.69) is 56.5 Å². The lowest BCUT2D eigenvalue weighted by atomic mass is 9.94. The molecule has 2 aromatic rings. The monoisotopic (exact) mass is 263 g/mol. The lowest BCUT2D eigenvalue weighted by Gasteiger charge is -2.29. The zero-order valence-electron chi connectivity index (χ0n) is 12.3. The van der Waals surface area contributed by atoms with Crippen molar-refractivity contribution >= 4 is 17.1 Å². The Hall–Kier alpha value is -1.85. The topological polar surface area (TPSA) is 89.6 Å². The summed E-state index contributed by atoms with van der Waals surface area (Å²) in [4.78, 5) is 23.2. The van der Waals surface area contributed by atoms with E-state index in [4.69, 9.17) is 5.73 Å². The summed E-state index contributed by atoms with van der Waals surface area (Å²) in [5, 5.41) is 0. The maximum atomic E-state index is 12.0. The van der Waals surface area contributed by atoms with Crippen LogP contribution in [0.25, 0.3) is 11.2 Å². The molecule has 0 amide bonds. The number of nitrogens with two attached hydrogens (primary N) is 1. The molecule has 104 valence electrons. The number of imidazole rings is 1. The zero-order valence-corrected chi connectivity index (χ0v) is 12.3. The van der Waals surface area contributed by atoms with Crippen LogP contribution in [0.5, 0.6) is 0 Å². The summed E-state index contributed by atoms with van der Waals surface area (Å²) in [6, 6.07) is 0. The summed E-state index contributed by atoms with van der Waals surface area (Å²) >= 11 is 0. The van der Waals surface area contributed by atoms with Gasteiger partial charge < -0.3 is 10.3 Å². The minimum atomic E-state index is -0.295. The highest BCUT2D eigenvalue weighted by Crippen LogP contribution is 2.30. The van der Waals surface area contributed by atoms with Crippen molar-refractivity contribution in [3.05, 3.63) is 16.2 Å². The molecule has 6 nitrogen and oxygen atoms in total. The summed E-state index contributed by atoms with van der Waals surface area (Å²) in [5.74, 6) is 0.946. The van der Waals surface area contributed by atoms with Gasteiger partial charge in [0.15, 0.2) is 11.2 Å². The fraction of sp³-hybridized carbons (Fsp3) is 0.615. The molecule has 0 radical (unpaired) electrons. The summed E-state index contributed by atoms with van der Waals surface area (Å²) in [7, 11) is 0. The molecule has 0 bridgehead atoms. The second-order valence-electron chi connectivity index (χ2n) is 6.82. The van der Waals surface area contributed by atoms with Crippen molar-refractivity contribution in [2.45, 2.75) is 52.5 Å². The van der Waals surface area contributed by atoms with E-state index in [0.29, 0.717) is 11.2 Å². The molecule has 2 rings (SSSR count). The Bertz CT molecular complexity index is 682. The van der Waals surface area contributed by atoms with Gasteiger partial charge in [0, 0.05) is 11.0 Å². The zero-order chi connectivity index (χ0) is 14.6. The van der Waals surface area contributed by atoms with Crippen LogP contribution in [0.1, 0.15) is 47.4 Å². The Balaban J connectivity index is 2.99. The van der Waals surface area contributed by atoms with Crippen LogP contribution < -0.4 is 11.3 Å². The lowest BCUT2D eigenvalue weighted by molar-refractivity contribution is 0.362. The third kappa shape index (κ3) is 2.22. The number of hydrogen-bond acceptors (Lipinski definition) is 4. The lowest BCUT2D eigenvalue weighted by Crippen LogP contribution is -2.30. The molecule has 6 heteroatoms. The molecule has 0 aliphatic heterocycles. The third-order valence-corrected chi connectivity index (χ3v) is 2.88. The number of rotatable bonds is 0. The van der Waals surface area contributed by atoms with Gasteiger partial charge in [0.25, 0.3) is 5.56 Å². The van der Waals surface area contributed by atoms with Crippen molar-refractivity contribution < 1.29 is 0 Å². The standard InChI is InChI=1S/C13H21N5O/c1-12(2,3)10-15-7-8(18(10)13(4,5)6)16-11(14)17-9(7)19/h1-6H3,(H3,14,16,17,19). The number of H-pyrrole nitrogens is 1. The maximum absolute atomic E-state index is 12.0. The molecule has 3 N–H and O–H groups in total. The number of fused-ring (bicyclic) bond motifs is 1. The molecule has 0 spiro atoms. The van der Waals surface area contributed by atoms with E-state index in [9.17, 15) is 4.79 Å². The fourth-order valence-corrected chi connectivity index (χ4v) is 2.12. The molecule has 0 atom stereocenters. The van der Waals surface area contributed by atoms with Gasteiger partial charge in [0.1, 0.15) is 5.82 Å². The summed E-state index contributed by atoms with van der Waals surface area (Å²) < 4.78 is 1.99. The Morgan fingerprint density at radius 3 is 2.16 bits per heavy atom. The molecule has 0 fully saturated rings. The smallest absolute Gasteiger partial charge is 0.280 e. The summed E-state index contributed by atoms with van der Waals surface area (Å²) in [6.45, 7) is 12.4. The Kier molecular flexibility index (Phi) is 2.73. The average Bonchev–Trinajstić information content (AvgIpc) is 2.55. The van der Waals surface area contributed by atoms with Crippen LogP contribution in [0.3, 0.4) is 0 Å². The Morgan fingerprint density at radius 1 is 1.11 bits per heavy atom. The van der Waals surface area contributed by atoms with Crippen LogP contribution in [0.15, 0.2) is 4.79 Å². The SMILES string of the molecule is CC(C)(C)c1nc2c(=O)[nH]c(N)nc2n1C(C)(C)C. The second-order valence-corrected chi connectivity index (χ2v) is 6.82. The molecular weight excluding hydrogens is 242 g/mol. The predicted octanol–water partition coefficient (Wildman–Crippen LogP) is 1.75. The molecule has 2 heterocycles. The van der Waals surface area contributed by atoms with Crippen molar-refractivity contribution in [2.75, 3.05) is 5.73 Å². The number of nitrogens with zero attached hydrogens (tertiary/aromatic N) is 3. The first-order chi connectivity index (χ1) is 8.51. The fourth-order valence-electron chi connectivity index (χ4n) is 2.12. The van der Waals surface area contributed by atoms with Gasteiger partial charge in [-0.2, -0.15) is 4.98 Å². The highest BCUT2D eigenvalue weighted by molar-refractivity contribution is 5.72. The van der Waals surface area contributed by atoms with E-state index in [1.54, 1.807) is 0 Å². The minimum Gasteiger partial charge on any atom is -0.369 e. The highest BCUT2D eigenvalue weighted by Gasteiger charge is 2.30. The van der Waals surface area contributed by atoms with Crippen molar-refractivity contribution in [3.63, 3.8) is 0 Å². The van der Waals surface area contributed by atoms with Crippen LogP contribution in [0.4, 0.5) is 5.95 Å². The van der Waals surface area contributed by atoms with Crippen LogP contribution >= 0.6 is 0 Å². The van der Waals surface area contributed by atoms with Crippen molar-refractivity contribution in [3.8, 4) is 0 Å². The van der Waals surface area contributed by atoms with E-state index in [1.807, 2.05) is 4.57 Å². The molecule has 19 heavy (non-hydrogen) atoms. The van der Waals surface area contributed by atoms with E-state index in [0.717, 1.165) is 5.82 Å². The number of nitrogens with one attached hydrogen (secondary N) is 1. The molecule has 0 saturated heterocycles. The number of anilines is 1. The predicted molar refractivity (Wildman–Crippen MR) is 76.3 cm³/mol. The van der Waals surface area contributed by atoms with Crippen LogP contribution in [0.2, 0.25) is 0 Å².